The summed E-state index contributed by atoms with van der Waals surface area (Å²) in [4.78, 5) is 21.8. The summed E-state index contributed by atoms with van der Waals surface area (Å²) in [6, 6.07) is 4.90. The number of nitrogens with one attached hydrogen (secondary N) is 1. The van der Waals surface area contributed by atoms with Crippen LogP contribution in [0.3, 0.4) is 0 Å². The minimum Gasteiger partial charge on any atom is -0.366 e. The van der Waals surface area contributed by atoms with Crippen LogP contribution in [0.4, 0.5) is 19.1 Å². The number of carbonyl (C=O) groups is 1. The van der Waals surface area contributed by atoms with Crippen LogP contribution in [0.2, 0.25) is 0 Å². The first-order valence-electron chi connectivity index (χ1n) is 7.66. The van der Waals surface area contributed by atoms with E-state index in [4.69, 9.17) is 5.73 Å². The molecule has 0 saturated carbocycles. The van der Waals surface area contributed by atoms with Crippen molar-refractivity contribution in [2.45, 2.75) is 6.18 Å². The maximum absolute atomic E-state index is 13.2. The third-order valence-electron chi connectivity index (χ3n) is 3.93. The van der Waals surface area contributed by atoms with E-state index in [0.29, 0.717) is 11.6 Å². The van der Waals surface area contributed by atoms with E-state index in [1.165, 1.54) is 18.3 Å². The van der Waals surface area contributed by atoms with Gasteiger partial charge in [-0.25, -0.2) is 9.97 Å². The Morgan fingerprint density at radius 2 is 1.92 bits per heavy atom. The maximum Gasteiger partial charge on any atom is 0.417 e. The van der Waals surface area contributed by atoms with E-state index in [-0.39, 0.29) is 5.56 Å². The SMILES string of the molecule is NC(=O)c1ccc(-c2ccnc(N3CCNCC3)n2)cc1C(F)(F)F. The third-order valence-corrected chi connectivity index (χ3v) is 3.93. The highest BCUT2D eigenvalue weighted by molar-refractivity contribution is 5.95. The molecule has 1 aliphatic heterocycles. The Morgan fingerprint density at radius 1 is 1.20 bits per heavy atom. The Bertz CT molecular complexity index is 788. The predicted molar refractivity (Wildman–Crippen MR) is 86.1 cm³/mol. The topological polar surface area (TPSA) is 84.1 Å². The number of nitrogens with two attached hydrogens (primary N) is 1. The number of amides is 1. The summed E-state index contributed by atoms with van der Waals surface area (Å²) < 4.78 is 39.7. The molecular weight excluding hydrogens is 335 g/mol. The van der Waals surface area contributed by atoms with Crippen LogP contribution in [0.15, 0.2) is 30.5 Å². The van der Waals surface area contributed by atoms with Crippen molar-refractivity contribution in [3.63, 3.8) is 0 Å². The second-order valence-corrected chi connectivity index (χ2v) is 5.60. The van der Waals surface area contributed by atoms with Gasteiger partial charge in [-0.15, -0.1) is 0 Å². The van der Waals surface area contributed by atoms with Crippen LogP contribution in [0.5, 0.6) is 0 Å². The molecule has 2 aromatic rings. The van der Waals surface area contributed by atoms with E-state index in [1.807, 2.05) is 4.90 Å². The highest BCUT2D eigenvalue weighted by Gasteiger charge is 2.35. The Balaban J connectivity index is 2.00. The van der Waals surface area contributed by atoms with Gasteiger partial charge in [-0.3, -0.25) is 4.79 Å². The van der Waals surface area contributed by atoms with Gasteiger partial charge in [0.2, 0.25) is 11.9 Å². The van der Waals surface area contributed by atoms with Crippen molar-refractivity contribution >= 4 is 11.9 Å². The Hall–Kier alpha value is -2.68. The minimum atomic E-state index is -4.69. The molecule has 1 aromatic carbocycles. The fourth-order valence-electron chi connectivity index (χ4n) is 2.68. The van der Waals surface area contributed by atoms with E-state index in [1.54, 1.807) is 0 Å². The molecule has 1 fully saturated rings. The molecule has 3 N–H and O–H groups in total. The molecule has 1 aromatic heterocycles. The van der Waals surface area contributed by atoms with Crippen molar-refractivity contribution in [2.24, 2.45) is 5.73 Å². The van der Waals surface area contributed by atoms with Gasteiger partial charge in [-0.1, -0.05) is 6.07 Å². The van der Waals surface area contributed by atoms with Crippen LogP contribution in [-0.2, 0) is 6.18 Å². The zero-order valence-electron chi connectivity index (χ0n) is 13.2. The highest BCUT2D eigenvalue weighted by Crippen LogP contribution is 2.34. The maximum atomic E-state index is 13.2. The number of hydrogen-bond donors (Lipinski definition) is 2. The van der Waals surface area contributed by atoms with Crippen LogP contribution >= 0.6 is 0 Å². The first-order chi connectivity index (χ1) is 11.9. The summed E-state index contributed by atoms with van der Waals surface area (Å²) in [6.45, 7) is 3.02. The van der Waals surface area contributed by atoms with E-state index >= 15 is 0 Å². The van der Waals surface area contributed by atoms with Crippen LogP contribution in [0, 0.1) is 0 Å². The number of nitrogens with zero attached hydrogens (tertiary/aromatic N) is 3. The van der Waals surface area contributed by atoms with E-state index in [0.717, 1.165) is 38.3 Å². The van der Waals surface area contributed by atoms with Crippen LogP contribution in [0.25, 0.3) is 11.3 Å². The van der Waals surface area contributed by atoms with Gasteiger partial charge < -0.3 is 16.0 Å². The predicted octanol–water partition coefficient (Wildman–Crippen LogP) is 1.67. The number of rotatable bonds is 3. The largest absolute Gasteiger partial charge is 0.417 e. The monoisotopic (exact) mass is 351 g/mol. The van der Waals surface area contributed by atoms with Crippen molar-refractivity contribution in [3.8, 4) is 11.3 Å². The van der Waals surface area contributed by atoms with Crippen molar-refractivity contribution in [2.75, 3.05) is 31.1 Å². The van der Waals surface area contributed by atoms with Crippen LogP contribution in [0.1, 0.15) is 15.9 Å². The highest BCUT2D eigenvalue weighted by atomic mass is 19.4. The van der Waals surface area contributed by atoms with Gasteiger partial charge >= 0.3 is 6.18 Å². The second kappa shape index (κ2) is 6.67. The van der Waals surface area contributed by atoms with Crippen molar-refractivity contribution in [3.05, 3.63) is 41.6 Å². The number of benzene rings is 1. The van der Waals surface area contributed by atoms with E-state index < -0.39 is 23.2 Å². The summed E-state index contributed by atoms with van der Waals surface area (Å²) in [5, 5.41) is 3.21. The molecule has 0 aliphatic carbocycles. The molecule has 25 heavy (non-hydrogen) atoms. The molecule has 9 heteroatoms. The average Bonchev–Trinajstić information content (AvgIpc) is 2.61. The van der Waals surface area contributed by atoms with Crippen molar-refractivity contribution < 1.29 is 18.0 Å². The number of hydrogen-bond acceptors (Lipinski definition) is 5. The molecule has 0 spiro atoms. The summed E-state index contributed by atoms with van der Waals surface area (Å²) in [5.74, 6) is -0.658. The number of primary amides is 1. The standard InChI is InChI=1S/C16H16F3N5O/c17-16(18,19)12-9-10(1-2-11(12)14(20)25)13-3-4-22-15(23-13)24-7-5-21-6-8-24/h1-4,9,21H,5-8H2,(H2,20,25). The molecule has 0 radical (unpaired) electrons. The first kappa shape index (κ1) is 17.2. The molecule has 132 valence electrons. The molecule has 0 atom stereocenters. The van der Waals surface area contributed by atoms with Crippen molar-refractivity contribution in [1.82, 2.24) is 15.3 Å². The molecule has 0 bridgehead atoms. The average molecular weight is 351 g/mol. The smallest absolute Gasteiger partial charge is 0.366 e. The fourth-order valence-corrected chi connectivity index (χ4v) is 2.68. The fraction of sp³-hybridized carbons (Fsp3) is 0.312. The van der Waals surface area contributed by atoms with Gasteiger partial charge in [-0.2, -0.15) is 13.2 Å². The first-order valence-corrected chi connectivity index (χ1v) is 7.66. The van der Waals surface area contributed by atoms with Gasteiger partial charge in [0.05, 0.1) is 16.8 Å². The second-order valence-electron chi connectivity index (χ2n) is 5.60. The summed E-state index contributed by atoms with van der Waals surface area (Å²) >= 11 is 0. The molecule has 1 saturated heterocycles. The van der Waals surface area contributed by atoms with E-state index in [9.17, 15) is 18.0 Å². The molecular formula is C16H16F3N5O. The van der Waals surface area contributed by atoms with Gasteiger partial charge in [0.15, 0.2) is 0 Å². The lowest BCUT2D eigenvalue weighted by molar-refractivity contribution is -0.137. The summed E-state index contributed by atoms with van der Waals surface area (Å²) in [7, 11) is 0. The van der Waals surface area contributed by atoms with Gasteiger partial charge in [0.1, 0.15) is 0 Å². The van der Waals surface area contributed by atoms with Gasteiger partial charge in [0, 0.05) is 37.9 Å². The quantitative estimate of drug-likeness (QED) is 0.879. The summed E-state index contributed by atoms with van der Waals surface area (Å²) in [5.41, 5.74) is 4.01. The number of piperazine rings is 1. The molecule has 3 rings (SSSR count). The van der Waals surface area contributed by atoms with Crippen molar-refractivity contribution in [1.29, 1.82) is 0 Å². The lowest BCUT2D eigenvalue weighted by Gasteiger charge is -2.27. The van der Waals surface area contributed by atoms with Crippen LogP contribution < -0.4 is 16.0 Å². The zero-order valence-corrected chi connectivity index (χ0v) is 13.2. The Morgan fingerprint density at radius 3 is 2.56 bits per heavy atom. The van der Waals surface area contributed by atoms with E-state index in [2.05, 4.69) is 15.3 Å². The lowest BCUT2D eigenvalue weighted by atomic mass is 10.0. The van der Waals surface area contributed by atoms with Gasteiger partial charge in [0.25, 0.3) is 0 Å². The molecule has 0 unspecified atom stereocenters. The summed E-state index contributed by atoms with van der Waals surface area (Å²) in [6.07, 6.45) is -3.18. The Kier molecular flexibility index (Phi) is 4.58. The molecule has 2 heterocycles. The molecule has 1 amide bonds. The molecule has 1 aliphatic rings. The number of carbonyl (C=O) groups excluding carboxylic acids is 1. The number of anilines is 1. The minimum absolute atomic E-state index is 0.246. The number of aromatic nitrogens is 2. The Labute approximate surface area is 141 Å². The normalized spacial score (nSPS) is 15.2. The number of halogens is 3. The van der Waals surface area contributed by atoms with Crippen LogP contribution in [-0.4, -0.2) is 42.1 Å². The van der Waals surface area contributed by atoms with Gasteiger partial charge in [-0.05, 0) is 18.2 Å². The molecule has 6 nitrogen and oxygen atoms in total. The number of alkyl halides is 3. The third kappa shape index (κ3) is 3.71. The zero-order chi connectivity index (χ0) is 18.0. The lowest BCUT2D eigenvalue weighted by Crippen LogP contribution is -2.44.